The summed E-state index contributed by atoms with van der Waals surface area (Å²) in [6, 6.07) is 5.79. The molecule has 0 saturated carbocycles. The largest absolute Gasteiger partial charge is 0.384 e. The molecule has 3 N–H and O–H groups in total. The lowest BCUT2D eigenvalue weighted by molar-refractivity contribution is 0.556. The molecule has 0 aromatic heterocycles. The molecule has 1 aromatic rings. The molecule has 98 valence electrons. The summed E-state index contributed by atoms with van der Waals surface area (Å²) in [5, 5.41) is 8.01. The van der Waals surface area contributed by atoms with Crippen molar-refractivity contribution in [2.24, 2.45) is 5.73 Å². The van der Waals surface area contributed by atoms with Crippen LogP contribution in [-0.4, -0.2) is 18.9 Å². The van der Waals surface area contributed by atoms with E-state index in [2.05, 4.69) is 4.90 Å². The minimum Gasteiger partial charge on any atom is -0.384 e. The lowest BCUT2D eigenvalue weighted by Gasteiger charge is -2.27. The Morgan fingerprint density at radius 3 is 2.28 bits per heavy atom. The summed E-state index contributed by atoms with van der Waals surface area (Å²) in [4.78, 5) is 2.38. The molecule has 1 heterocycles. The summed E-state index contributed by atoms with van der Waals surface area (Å²) < 4.78 is 0. The summed E-state index contributed by atoms with van der Waals surface area (Å²) in [5.74, 6) is 0.0271. The molecule has 1 fully saturated rings. The summed E-state index contributed by atoms with van der Waals surface area (Å²) in [7, 11) is 0. The third-order valence-electron chi connectivity index (χ3n) is 3.46. The zero-order chi connectivity index (χ0) is 13.0. The van der Waals surface area contributed by atoms with Crippen molar-refractivity contribution in [3.05, 3.63) is 28.8 Å². The Kier molecular flexibility index (Phi) is 4.48. The molecule has 1 aromatic carbocycles. The van der Waals surface area contributed by atoms with Gasteiger partial charge in [-0.1, -0.05) is 30.9 Å². The second kappa shape index (κ2) is 6.10. The van der Waals surface area contributed by atoms with Gasteiger partial charge >= 0.3 is 0 Å². The van der Waals surface area contributed by atoms with E-state index in [1.165, 1.54) is 32.1 Å². The number of hydrogen-bond donors (Lipinski definition) is 2. The molecule has 1 aliphatic rings. The quantitative estimate of drug-likeness (QED) is 0.636. The molecular formula is C14H20ClN3. The van der Waals surface area contributed by atoms with E-state index in [9.17, 15) is 0 Å². The zero-order valence-corrected chi connectivity index (χ0v) is 11.3. The Morgan fingerprint density at radius 2 is 1.72 bits per heavy atom. The molecule has 3 nitrogen and oxygen atoms in total. The molecule has 0 atom stereocenters. The van der Waals surface area contributed by atoms with Crippen molar-refractivity contribution in [1.82, 2.24) is 0 Å². The lowest BCUT2D eigenvalue weighted by Crippen LogP contribution is -2.27. The Morgan fingerprint density at radius 1 is 1.11 bits per heavy atom. The minimum atomic E-state index is 0.0271. The number of benzene rings is 1. The average molecular weight is 266 g/mol. The topological polar surface area (TPSA) is 53.1 Å². The average Bonchev–Trinajstić information content (AvgIpc) is 2.27. The molecule has 2 rings (SSSR count). The smallest absolute Gasteiger partial charge is 0.124 e. The first kappa shape index (κ1) is 13.2. The van der Waals surface area contributed by atoms with Crippen LogP contribution in [0.2, 0.25) is 5.02 Å². The van der Waals surface area contributed by atoms with Crippen LogP contribution in [-0.2, 0) is 0 Å². The number of nitrogens with two attached hydrogens (primary N) is 1. The van der Waals surface area contributed by atoms with Crippen molar-refractivity contribution < 1.29 is 0 Å². The van der Waals surface area contributed by atoms with Gasteiger partial charge in [0.25, 0.3) is 0 Å². The van der Waals surface area contributed by atoms with Gasteiger partial charge in [-0.15, -0.1) is 0 Å². The van der Waals surface area contributed by atoms with Crippen LogP contribution in [0.1, 0.15) is 37.7 Å². The van der Waals surface area contributed by atoms with E-state index in [-0.39, 0.29) is 5.84 Å². The molecule has 18 heavy (non-hydrogen) atoms. The summed E-state index contributed by atoms with van der Waals surface area (Å²) in [5.41, 5.74) is 7.24. The molecule has 1 aliphatic heterocycles. The Balaban J connectivity index is 2.16. The van der Waals surface area contributed by atoms with Crippen LogP contribution in [0.25, 0.3) is 0 Å². The highest BCUT2D eigenvalue weighted by atomic mass is 35.5. The van der Waals surface area contributed by atoms with E-state index in [1.807, 2.05) is 18.2 Å². The number of rotatable bonds is 2. The van der Waals surface area contributed by atoms with E-state index < -0.39 is 0 Å². The van der Waals surface area contributed by atoms with Crippen molar-refractivity contribution in [2.75, 3.05) is 18.0 Å². The Hall–Kier alpha value is -1.22. The van der Waals surface area contributed by atoms with E-state index in [0.717, 1.165) is 18.8 Å². The maximum absolute atomic E-state index is 7.43. The van der Waals surface area contributed by atoms with E-state index in [1.54, 1.807) is 0 Å². The highest BCUT2D eigenvalue weighted by molar-refractivity contribution is 6.34. The van der Waals surface area contributed by atoms with Crippen LogP contribution in [0.15, 0.2) is 18.2 Å². The highest BCUT2D eigenvalue weighted by Gasteiger charge is 2.11. The molecule has 4 heteroatoms. The molecule has 1 saturated heterocycles. The number of amidine groups is 1. The predicted molar refractivity (Wildman–Crippen MR) is 77.8 cm³/mol. The van der Waals surface area contributed by atoms with Crippen LogP contribution in [0.3, 0.4) is 0 Å². The van der Waals surface area contributed by atoms with Crippen molar-refractivity contribution in [1.29, 1.82) is 5.41 Å². The summed E-state index contributed by atoms with van der Waals surface area (Å²) >= 11 is 6.17. The molecule has 0 unspecified atom stereocenters. The molecular weight excluding hydrogens is 246 g/mol. The van der Waals surface area contributed by atoms with E-state index in [4.69, 9.17) is 22.7 Å². The van der Waals surface area contributed by atoms with Crippen LogP contribution in [0.4, 0.5) is 5.69 Å². The molecule has 0 radical (unpaired) electrons. The van der Waals surface area contributed by atoms with Crippen LogP contribution >= 0.6 is 11.6 Å². The standard InChI is InChI=1S/C14H20ClN3/c15-13-10-11(6-7-12(13)14(16)17)18-8-4-2-1-3-5-9-18/h6-7,10H,1-5,8-9H2,(H3,16,17). The first-order chi connectivity index (χ1) is 8.68. The number of nitrogens with one attached hydrogen (secondary N) is 1. The fourth-order valence-corrected chi connectivity index (χ4v) is 2.70. The number of anilines is 1. The Labute approximate surface area is 113 Å². The van der Waals surface area contributed by atoms with Gasteiger partial charge in [0.05, 0.1) is 5.02 Å². The van der Waals surface area contributed by atoms with Gasteiger partial charge in [0.15, 0.2) is 0 Å². The van der Waals surface area contributed by atoms with Crippen LogP contribution < -0.4 is 10.6 Å². The molecule has 0 spiro atoms. The predicted octanol–water partition coefficient (Wildman–Crippen LogP) is 3.39. The van der Waals surface area contributed by atoms with Crippen molar-refractivity contribution in [3.63, 3.8) is 0 Å². The lowest BCUT2D eigenvalue weighted by atomic mass is 10.1. The van der Waals surface area contributed by atoms with Crippen molar-refractivity contribution >= 4 is 23.1 Å². The fourth-order valence-electron chi connectivity index (χ4n) is 2.42. The molecule has 0 bridgehead atoms. The van der Waals surface area contributed by atoms with E-state index in [0.29, 0.717) is 10.6 Å². The first-order valence-corrected chi connectivity index (χ1v) is 6.95. The fraction of sp³-hybridized carbons (Fsp3) is 0.500. The van der Waals surface area contributed by atoms with Gasteiger partial charge < -0.3 is 10.6 Å². The monoisotopic (exact) mass is 265 g/mol. The van der Waals surface area contributed by atoms with Crippen molar-refractivity contribution in [3.8, 4) is 0 Å². The van der Waals surface area contributed by atoms with Crippen molar-refractivity contribution in [2.45, 2.75) is 32.1 Å². The van der Waals surface area contributed by atoms with Gasteiger partial charge in [-0.3, -0.25) is 5.41 Å². The van der Waals surface area contributed by atoms with Gasteiger partial charge in [-0.25, -0.2) is 0 Å². The van der Waals surface area contributed by atoms with Crippen LogP contribution in [0, 0.1) is 5.41 Å². The zero-order valence-electron chi connectivity index (χ0n) is 10.6. The number of halogens is 1. The van der Waals surface area contributed by atoms with Gasteiger partial charge in [0.1, 0.15) is 5.84 Å². The third kappa shape index (κ3) is 3.16. The van der Waals surface area contributed by atoms with Gasteiger partial charge in [0.2, 0.25) is 0 Å². The Bertz CT molecular complexity index is 423. The normalized spacial score (nSPS) is 17.1. The maximum atomic E-state index is 7.43. The van der Waals surface area contributed by atoms with Crippen LogP contribution in [0.5, 0.6) is 0 Å². The number of hydrogen-bond acceptors (Lipinski definition) is 2. The highest BCUT2D eigenvalue weighted by Crippen LogP contribution is 2.25. The number of nitrogens with zero attached hydrogens (tertiary/aromatic N) is 1. The SMILES string of the molecule is N=C(N)c1ccc(N2CCCCCCC2)cc1Cl. The second-order valence-corrected chi connectivity index (χ2v) is 5.24. The van der Waals surface area contributed by atoms with E-state index >= 15 is 0 Å². The first-order valence-electron chi connectivity index (χ1n) is 6.57. The molecule has 0 amide bonds. The number of nitrogen functional groups attached to an aromatic ring is 1. The van der Waals surface area contributed by atoms with Gasteiger partial charge in [-0.2, -0.15) is 0 Å². The van der Waals surface area contributed by atoms with Gasteiger partial charge in [0, 0.05) is 24.3 Å². The maximum Gasteiger partial charge on any atom is 0.124 e. The minimum absolute atomic E-state index is 0.0271. The molecule has 0 aliphatic carbocycles. The summed E-state index contributed by atoms with van der Waals surface area (Å²) in [6.07, 6.45) is 6.47. The summed E-state index contributed by atoms with van der Waals surface area (Å²) in [6.45, 7) is 2.19. The third-order valence-corrected chi connectivity index (χ3v) is 3.78. The second-order valence-electron chi connectivity index (χ2n) is 4.83. The van der Waals surface area contributed by atoms with Gasteiger partial charge in [-0.05, 0) is 31.0 Å².